The van der Waals surface area contributed by atoms with Crippen molar-refractivity contribution in [3.8, 4) is 0 Å². The van der Waals surface area contributed by atoms with Crippen LogP contribution in [0.5, 0.6) is 0 Å². The van der Waals surface area contributed by atoms with Gasteiger partial charge in [-0.25, -0.2) is 0 Å². The largest absolute Gasteiger partial charge is 0.374 e. The summed E-state index contributed by atoms with van der Waals surface area (Å²) in [5.41, 5.74) is 1.24. The summed E-state index contributed by atoms with van der Waals surface area (Å²) in [6, 6.07) is 8.17. The molecule has 0 N–H and O–H groups in total. The number of hydrogen-bond acceptors (Lipinski definition) is 3. The molecular formula is C12H16O2S. The quantitative estimate of drug-likeness (QED) is 0.695. The maximum Gasteiger partial charge on any atom is 0.168 e. The number of rotatable bonds is 6. The molecule has 15 heavy (non-hydrogen) atoms. The van der Waals surface area contributed by atoms with Crippen LogP contribution < -0.4 is 0 Å². The maximum atomic E-state index is 11.3. The van der Waals surface area contributed by atoms with E-state index in [-0.39, 0.29) is 12.4 Å². The lowest BCUT2D eigenvalue weighted by molar-refractivity contribution is -0.120. The van der Waals surface area contributed by atoms with Crippen LogP contribution in [0, 0.1) is 6.92 Å². The molecule has 0 amide bonds. The molecule has 1 aromatic carbocycles. The van der Waals surface area contributed by atoms with E-state index in [2.05, 4.69) is 19.1 Å². The lowest BCUT2D eigenvalue weighted by Gasteiger charge is -2.02. The van der Waals surface area contributed by atoms with Gasteiger partial charge in [0.2, 0.25) is 0 Å². The molecule has 0 fully saturated rings. The second-order valence-electron chi connectivity index (χ2n) is 3.28. The minimum absolute atomic E-state index is 0.141. The minimum Gasteiger partial charge on any atom is -0.374 e. The Hall–Kier alpha value is -0.800. The van der Waals surface area contributed by atoms with Crippen LogP contribution in [-0.2, 0) is 9.53 Å². The second-order valence-corrected chi connectivity index (χ2v) is 4.33. The molecule has 0 saturated heterocycles. The zero-order valence-electron chi connectivity index (χ0n) is 9.16. The Morgan fingerprint density at radius 3 is 2.60 bits per heavy atom. The van der Waals surface area contributed by atoms with Gasteiger partial charge in [-0.05, 0) is 26.0 Å². The van der Waals surface area contributed by atoms with E-state index in [1.165, 1.54) is 5.56 Å². The van der Waals surface area contributed by atoms with Crippen molar-refractivity contribution in [2.75, 3.05) is 19.0 Å². The minimum atomic E-state index is 0.141. The number of Topliss-reactive ketones (excluding diaryl/α,β-unsaturated/α-hetero) is 1. The first-order valence-electron chi connectivity index (χ1n) is 5.01. The van der Waals surface area contributed by atoms with Crippen molar-refractivity contribution in [3.63, 3.8) is 0 Å². The van der Waals surface area contributed by atoms with E-state index < -0.39 is 0 Å². The van der Waals surface area contributed by atoms with E-state index in [4.69, 9.17) is 4.74 Å². The van der Waals surface area contributed by atoms with Gasteiger partial charge >= 0.3 is 0 Å². The Morgan fingerprint density at radius 2 is 2.00 bits per heavy atom. The van der Waals surface area contributed by atoms with E-state index in [0.717, 1.165) is 4.90 Å². The number of thioether (sulfide) groups is 1. The third-order valence-corrected chi connectivity index (χ3v) is 2.96. The van der Waals surface area contributed by atoms with Crippen LogP contribution in [-0.4, -0.2) is 24.7 Å². The van der Waals surface area contributed by atoms with Gasteiger partial charge in [0.15, 0.2) is 5.78 Å². The first-order valence-corrected chi connectivity index (χ1v) is 6.00. The standard InChI is InChI=1S/C12H16O2S/c1-3-14-8-11(13)9-15-12-6-4-10(2)5-7-12/h4-7H,3,8-9H2,1-2H3. The zero-order valence-corrected chi connectivity index (χ0v) is 9.97. The van der Waals surface area contributed by atoms with Crippen molar-refractivity contribution in [2.45, 2.75) is 18.7 Å². The summed E-state index contributed by atoms with van der Waals surface area (Å²) in [6.07, 6.45) is 0. The highest BCUT2D eigenvalue weighted by Crippen LogP contribution is 2.17. The Balaban J connectivity index is 2.30. The number of carbonyl (C=O) groups excluding carboxylic acids is 1. The fraction of sp³-hybridized carbons (Fsp3) is 0.417. The number of benzene rings is 1. The molecule has 0 unspecified atom stereocenters. The van der Waals surface area contributed by atoms with E-state index in [1.54, 1.807) is 11.8 Å². The topological polar surface area (TPSA) is 26.3 Å². The fourth-order valence-electron chi connectivity index (χ4n) is 1.06. The Kier molecular flexibility index (Phi) is 5.43. The molecule has 1 rings (SSSR count). The molecule has 1 aromatic rings. The van der Waals surface area contributed by atoms with Gasteiger partial charge in [0.25, 0.3) is 0 Å². The summed E-state index contributed by atoms with van der Waals surface area (Å²) in [4.78, 5) is 12.4. The van der Waals surface area contributed by atoms with Gasteiger partial charge in [-0.2, -0.15) is 0 Å². The predicted molar refractivity (Wildman–Crippen MR) is 63.4 cm³/mol. The summed E-state index contributed by atoms with van der Waals surface area (Å²) < 4.78 is 5.04. The number of ketones is 1. The number of hydrogen-bond donors (Lipinski definition) is 0. The van der Waals surface area contributed by atoms with Gasteiger partial charge in [0.1, 0.15) is 6.61 Å². The van der Waals surface area contributed by atoms with Crippen LogP contribution in [0.1, 0.15) is 12.5 Å². The van der Waals surface area contributed by atoms with Crippen molar-refractivity contribution < 1.29 is 9.53 Å². The molecule has 0 spiro atoms. The van der Waals surface area contributed by atoms with Crippen LogP contribution in [0.4, 0.5) is 0 Å². The van der Waals surface area contributed by atoms with Crippen LogP contribution in [0.15, 0.2) is 29.2 Å². The summed E-state index contributed by atoms with van der Waals surface area (Å²) in [5, 5.41) is 0. The van der Waals surface area contributed by atoms with Crippen LogP contribution >= 0.6 is 11.8 Å². The lowest BCUT2D eigenvalue weighted by Crippen LogP contribution is -2.10. The molecule has 2 nitrogen and oxygen atoms in total. The maximum absolute atomic E-state index is 11.3. The SMILES string of the molecule is CCOCC(=O)CSc1ccc(C)cc1. The van der Waals surface area contributed by atoms with Crippen molar-refractivity contribution >= 4 is 17.5 Å². The third-order valence-electron chi connectivity index (χ3n) is 1.89. The number of aryl methyl sites for hydroxylation is 1. The molecule has 0 saturated carbocycles. The molecule has 82 valence electrons. The molecule has 0 aliphatic heterocycles. The summed E-state index contributed by atoms with van der Waals surface area (Å²) >= 11 is 1.56. The van der Waals surface area contributed by atoms with Crippen LogP contribution in [0.2, 0.25) is 0 Å². The highest BCUT2D eigenvalue weighted by atomic mass is 32.2. The number of ether oxygens (including phenoxy) is 1. The van der Waals surface area contributed by atoms with E-state index >= 15 is 0 Å². The fourth-order valence-corrected chi connectivity index (χ4v) is 1.80. The lowest BCUT2D eigenvalue weighted by atomic mass is 10.2. The molecule has 0 aliphatic carbocycles. The van der Waals surface area contributed by atoms with E-state index in [0.29, 0.717) is 12.4 Å². The average Bonchev–Trinajstić information content (AvgIpc) is 2.25. The Bertz CT molecular complexity index is 306. The second kappa shape index (κ2) is 6.64. The first kappa shape index (κ1) is 12.3. The molecule has 0 aromatic heterocycles. The smallest absolute Gasteiger partial charge is 0.168 e. The monoisotopic (exact) mass is 224 g/mol. The van der Waals surface area contributed by atoms with E-state index in [9.17, 15) is 4.79 Å². The molecule has 0 radical (unpaired) electrons. The van der Waals surface area contributed by atoms with Crippen molar-refractivity contribution in [1.82, 2.24) is 0 Å². The molecule has 3 heteroatoms. The first-order chi connectivity index (χ1) is 7.22. The van der Waals surface area contributed by atoms with Gasteiger partial charge in [-0.1, -0.05) is 17.7 Å². The van der Waals surface area contributed by atoms with Crippen molar-refractivity contribution in [3.05, 3.63) is 29.8 Å². The normalized spacial score (nSPS) is 10.3. The third kappa shape index (κ3) is 5.00. The average molecular weight is 224 g/mol. The van der Waals surface area contributed by atoms with Crippen molar-refractivity contribution in [1.29, 1.82) is 0 Å². The summed E-state index contributed by atoms with van der Waals surface area (Å²) in [6.45, 7) is 4.77. The van der Waals surface area contributed by atoms with Crippen LogP contribution in [0.3, 0.4) is 0 Å². The van der Waals surface area contributed by atoms with Gasteiger partial charge < -0.3 is 4.74 Å². The van der Waals surface area contributed by atoms with E-state index in [1.807, 2.05) is 19.1 Å². The Morgan fingerprint density at radius 1 is 1.33 bits per heavy atom. The van der Waals surface area contributed by atoms with Gasteiger partial charge in [0, 0.05) is 11.5 Å². The van der Waals surface area contributed by atoms with Crippen LogP contribution in [0.25, 0.3) is 0 Å². The molecule has 0 heterocycles. The zero-order chi connectivity index (χ0) is 11.1. The van der Waals surface area contributed by atoms with Gasteiger partial charge in [0.05, 0.1) is 5.75 Å². The highest BCUT2D eigenvalue weighted by molar-refractivity contribution is 8.00. The summed E-state index contributed by atoms with van der Waals surface area (Å²) in [7, 11) is 0. The number of carbonyl (C=O) groups is 1. The predicted octanol–water partition coefficient (Wildman–Crippen LogP) is 2.69. The summed E-state index contributed by atoms with van der Waals surface area (Å²) in [5.74, 6) is 0.630. The van der Waals surface area contributed by atoms with Crippen molar-refractivity contribution in [2.24, 2.45) is 0 Å². The van der Waals surface area contributed by atoms with Gasteiger partial charge in [-0.15, -0.1) is 11.8 Å². The molecular weight excluding hydrogens is 208 g/mol. The molecule has 0 aliphatic rings. The van der Waals surface area contributed by atoms with Gasteiger partial charge in [-0.3, -0.25) is 4.79 Å². The molecule has 0 atom stereocenters. The molecule has 0 bridgehead atoms. The Labute approximate surface area is 95.0 Å². The highest BCUT2D eigenvalue weighted by Gasteiger charge is 2.02.